The predicted octanol–water partition coefficient (Wildman–Crippen LogP) is 3.41. The Morgan fingerprint density at radius 1 is 1.33 bits per heavy atom. The fourth-order valence-electron chi connectivity index (χ4n) is 3.11. The zero-order valence-corrected chi connectivity index (χ0v) is 20.0. The molecule has 3 aromatic rings. The van der Waals surface area contributed by atoms with Crippen molar-refractivity contribution in [3.8, 4) is 17.8 Å². The van der Waals surface area contributed by atoms with E-state index >= 15 is 0 Å². The van der Waals surface area contributed by atoms with Gasteiger partial charge in [-0.1, -0.05) is 16.8 Å². The summed E-state index contributed by atoms with van der Waals surface area (Å²) in [5.41, 5.74) is 0.802. The van der Waals surface area contributed by atoms with Gasteiger partial charge in [-0.05, 0) is 43.7 Å². The number of nitrogens with zero attached hydrogens (tertiary/aromatic N) is 5. The second-order valence-electron chi connectivity index (χ2n) is 7.04. The van der Waals surface area contributed by atoms with E-state index in [1.807, 2.05) is 6.07 Å². The van der Waals surface area contributed by atoms with E-state index in [4.69, 9.17) is 21.2 Å². The maximum absolute atomic E-state index is 13.3. The van der Waals surface area contributed by atoms with E-state index in [1.165, 1.54) is 30.6 Å². The van der Waals surface area contributed by atoms with Crippen LogP contribution < -0.4 is 15.4 Å². The number of nitrogens with one attached hydrogen (secondary N) is 2. The Morgan fingerprint density at radius 3 is 2.83 bits per heavy atom. The van der Waals surface area contributed by atoms with E-state index in [9.17, 15) is 19.2 Å². The summed E-state index contributed by atoms with van der Waals surface area (Å²) >= 11 is 6.21. The highest BCUT2D eigenvalue weighted by molar-refractivity contribution is 6.32. The van der Waals surface area contributed by atoms with Crippen LogP contribution in [0.4, 0.5) is 10.1 Å². The van der Waals surface area contributed by atoms with Crippen LogP contribution >= 0.6 is 11.6 Å². The number of carbonyl (C=O) groups excluding carboxylic acids is 2. The monoisotopic (exact) mass is 513 g/mol. The zero-order valence-electron chi connectivity index (χ0n) is 19.3. The minimum atomic E-state index is -1.17. The molecule has 0 aliphatic rings. The molecule has 0 saturated heterocycles. The van der Waals surface area contributed by atoms with Crippen LogP contribution in [0.1, 0.15) is 38.9 Å². The normalized spacial score (nSPS) is 10.6. The number of alkyl halides is 1. The topological polar surface area (TPSA) is 144 Å². The number of halogens is 2. The van der Waals surface area contributed by atoms with Crippen molar-refractivity contribution >= 4 is 35.3 Å². The first-order valence-corrected chi connectivity index (χ1v) is 10.9. The van der Waals surface area contributed by atoms with Gasteiger partial charge in [-0.2, -0.15) is 5.26 Å². The summed E-state index contributed by atoms with van der Waals surface area (Å²) in [6.07, 6.45) is 2.81. The Bertz CT molecular complexity index is 1340. The highest BCUT2D eigenvalue weighted by Crippen LogP contribution is 2.26. The molecule has 2 N–H and O–H groups in total. The van der Waals surface area contributed by atoms with Gasteiger partial charge in [0.05, 0.1) is 40.7 Å². The summed E-state index contributed by atoms with van der Waals surface area (Å²) in [5, 5.41) is 22.5. The summed E-state index contributed by atoms with van der Waals surface area (Å²) in [7, 11) is 0. The number of pyridine rings is 1. The van der Waals surface area contributed by atoms with E-state index in [0.29, 0.717) is 12.2 Å². The number of oxime groups is 1. The van der Waals surface area contributed by atoms with Gasteiger partial charge in [0.25, 0.3) is 11.8 Å². The van der Waals surface area contributed by atoms with Gasteiger partial charge < -0.3 is 20.2 Å². The average molecular weight is 514 g/mol. The first-order chi connectivity index (χ1) is 17.4. The van der Waals surface area contributed by atoms with Crippen molar-refractivity contribution < 1.29 is 23.6 Å². The highest BCUT2D eigenvalue weighted by Gasteiger charge is 2.23. The lowest BCUT2D eigenvalue weighted by Gasteiger charge is -2.15. The van der Waals surface area contributed by atoms with E-state index in [2.05, 4.69) is 25.9 Å². The van der Waals surface area contributed by atoms with Crippen LogP contribution in [0, 0.1) is 18.3 Å². The van der Waals surface area contributed by atoms with Gasteiger partial charge in [0.15, 0.2) is 5.82 Å². The second-order valence-corrected chi connectivity index (χ2v) is 7.45. The fourth-order valence-corrected chi connectivity index (χ4v) is 3.32. The van der Waals surface area contributed by atoms with Crippen molar-refractivity contribution in [1.29, 1.82) is 5.26 Å². The van der Waals surface area contributed by atoms with Crippen LogP contribution in [0.2, 0.25) is 5.02 Å². The molecule has 0 unspecified atom stereocenters. The first-order valence-electron chi connectivity index (χ1n) is 10.6. The summed E-state index contributed by atoms with van der Waals surface area (Å²) in [6, 6.07) is 9.21. The summed E-state index contributed by atoms with van der Waals surface area (Å²) < 4.78 is 18.7. The maximum atomic E-state index is 13.3. The average Bonchev–Trinajstić information content (AvgIpc) is 3.29. The van der Waals surface area contributed by atoms with Gasteiger partial charge in [0, 0.05) is 12.3 Å². The molecule has 3 rings (SSSR count). The number of hydrogen-bond donors (Lipinski definition) is 2. The van der Waals surface area contributed by atoms with Crippen LogP contribution in [-0.2, 0) is 4.84 Å². The molecule has 36 heavy (non-hydrogen) atoms. The molecule has 0 fully saturated rings. The Kier molecular flexibility index (Phi) is 8.90. The Morgan fingerprint density at radius 2 is 2.14 bits per heavy atom. The molecule has 186 valence electrons. The number of carbonyl (C=O) groups is 2. The molecule has 13 heteroatoms. The maximum Gasteiger partial charge on any atom is 0.274 e. The molecule has 0 spiro atoms. The Hall–Kier alpha value is -4.50. The molecule has 0 aliphatic carbocycles. The lowest BCUT2D eigenvalue weighted by atomic mass is 10.0. The van der Waals surface area contributed by atoms with Crippen LogP contribution in [0.15, 0.2) is 41.7 Å². The van der Waals surface area contributed by atoms with Crippen molar-refractivity contribution in [2.75, 3.05) is 25.3 Å². The molecule has 11 nitrogen and oxygen atoms in total. The molecule has 0 aliphatic heterocycles. The molecule has 0 radical (unpaired) electrons. The molecular weight excluding hydrogens is 493 g/mol. The Balaban J connectivity index is 1.97. The first kappa shape index (κ1) is 26.1. The van der Waals surface area contributed by atoms with Crippen molar-refractivity contribution in [3.63, 3.8) is 0 Å². The third-order valence-electron chi connectivity index (χ3n) is 4.64. The number of anilines is 1. The molecule has 2 aromatic heterocycles. The molecule has 2 heterocycles. The summed E-state index contributed by atoms with van der Waals surface area (Å²) in [6.45, 7) is 2.66. The number of benzene rings is 1. The Labute approximate surface area is 210 Å². The molecule has 0 saturated carbocycles. The van der Waals surface area contributed by atoms with Crippen LogP contribution in [0.25, 0.3) is 5.82 Å². The standard InChI is InChI=1S/C23H21ClFN7O4/c1-3-36-29-8-7-28-22(33)16-10-15(12-26)9-14(2)20(16)30-23(34)18-11-19(35-13-25)31-32(18)21-17(24)5-4-6-27-21/h4-6,8-11H,3,7,13H2,1-2H3,(H,28,33)(H,30,34)/b29-8+. The predicted molar refractivity (Wildman–Crippen MR) is 129 cm³/mol. The summed E-state index contributed by atoms with van der Waals surface area (Å²) in [5.74, 6) is -1.33. The number of rotatable bonds is 10. The number of aryl methyl sites for hydroxylation is 1. The van der Waals surface area contributed by atoms with Gasteiger partial charge >= 0.3 is 0 Å². The van der Waals surface area contributed by atoms with E-state index in [1.54, 1.807) is 26.0 Å². The van der Waals surface area contributed by atoms with Gasteiger partial charge in [-0.3, -0.25) is 9.59 Å². The molecular formula is C23H21ClFN7O4. The van der Waals surface area contributed by atoms with E-state index < -0.39 is 18.7 Å². The van der Waals surface area contributed by atoms with Crippen molar-refractivity contribution in [2.24, 2.45) is 5.16 Å². The molecule has 1 aromatic carbocycles. The van der Waals surface area contributed by atoms with Gasteiger partial charge in [-0.15, -0.1) is 5.10 Å². The van der Waals surface area contributed by atoms with Crippen molar-refractivity contribution in [2.45, 2.75) is 13.8 Å². The zero-order chi connectivity index (χ0) is 26.1. The smallest absolute Gasteiger partial charge is 0.274 e. The quantitative estimate of drug-likeness (QED) is 0.312. The minimum Gasteiger partial charge on any atom is -0.445 e. The van der Waals surface area contributed by atoms with Gasteiger partial charge in [-0.25, -0.2) is 14.1 Å². The third-order valence-corrected chi connectivity index (χ3v) is 4.94. The lowest BCUT2D eigenvalue weighted by Crippen LogP contribution is -2.28. The largest absolute Gasteiger partial charge is 0.445 e. The lowest BCUT2D eigenvalue weighted by molar-refractivity contribution is 0.0960. The van der Waals surface area contributed by atoms with Gasteiger partial charge in [0.2, 0.25) is 12.7 Å². The number of nitriles is 1. The molecule has 0 bridgehead atoms. The van der Waals surface area contributed by atoms with Crippen LogP contribution in [-0.4, -0.2) is 52.8 Å². The SMILES string of the molecule is CCO/N=C/CNC(=O)c1cc(C#N)cc(C)c1NC(=O)c1cc(OCF)nn1-c1ncccc1Cl. The third kappa shape index (κ3) is 6.13. The summed E-state index contributed by atoms with van der Waals surface area (Å²) in [4.78, 5) is 35.2. The number of hydrogen-bond acceptors (Lipinski definition) is 8. The van der Waals surface area contributed by atoms with E-state index in [0.717, 1.165) is 4.68 Å². The van der Waals surface area contributed by atoms with E-state index in [-0.39, 0.29) is 45.8 Å². The van der Waals surface area contributed by atoms with Crippen LogP contribution in [0.3, 0.4) is 0 Å². The molecule has 0 atom stereocenters. The van der Waals surface area contributed by atoms with Crippen LogP contribution in [0.5, 0.6) is 5.88 Å². The minimum absolute atomic E-state index is 0.0480. The van der Waals surface area contributed by atoms with Crippen molar-refractivity contribution in [1.82, 2.24) is 20.1 Å². The number of ether oxygens (including phenoxy) is 1. The fraction of sp³-hybridized carbons (Fsp3) is 0.217. The number of aromatic nitrogens is 3. The van der Waals surface area contributed by atoms with Gasteiger partial charge in [0.1, 0.15) is 12.3 Å². The van der Waals surface area contributed by atoms with Crippen molar-refractivity contribution in [3.05, 3.63) is 63.9 Å². The number of amides is 2. The second kappa shape index (κ2) is 12.3. The molecule has 2 amide bonds. The highest BCUT2D eigenvalue weighted by atomic mass is 35.5.